The van der Waals surface area contributed by atoms with Gasteiger partial charge in [-0.25, -0.2) is 0 Å². The van der Waals surface area contributed by atoms with E-state index in [9.17, 15) is 24.3 Å². The van der Waals surface area contributed by atoms with Crippen molar-refractivity contribution in [2.24, 2.45) is 5.92 Å². The summed E-state index contributed by atoms with van der Waals surface area (Å²) in [4.78, 5) is 46.7. The summed E-state index contributed by atoms with van der Waals surface area (Å²) < 4.78 is 23.1. The molecule has 2 saturated heterocycles. The molecule has 0 aromatic carbocycles. The van der Waals surface area contributed by atoms with Crippen molar-refractivity contribution in [2.75, 3.05) is 13.7 Å². The molecule has 12 heteroatoms. The minimum atomic E-state index is -0.931. The second kappa shape index (κ2) is 19.7. The maximum atomic E-state index is 12.6. The molecule has 47 heavy (non-hydrogen) atoms. The molecule has 0 bridgehead atoms. The Kier molecular flexibility index (Phi) is 16.8. The molecule has 266 valence electrons. The van der Waals surface area contributed by atoms with Crippen LogP contribution in [0.3, 0.4) is 0 Å². The molecule has 2 heterocycles. The lowest BCUT2D eigenvalue weighted by Crippen LogP contribution is -2.56. The standard InChI is InChI=1S/C35H56N2O10/c1-22(12-15-29-23(2)19-28(25(4)46-29)37-31(39)17-14-24(3)45-26(5)38)13-16-30-34(43)35(6,44-7)21-27(47-30)20-32(40)36-18-10-8-9-11-33(41)42/h12-14,16-17,23-25,27-30,34,43H,8-11,15,18-21H2,1-7H3,(H,36,40)(H,37,39)(H,41,42)/b16-13+,17-14-,22-12+/t23-,24-,25+,27+,28+,29-,30+,34+,35-/m0/s1. The van der Waals surface area contributed by atoms with Gasteiger partial charge in [-0.1, -0.05) is 37.1 Å². The molecule has 2 fully saturated rings. The Labute approximate surface area is 279 Å². The fourth-order valence-corrected chi connectivity index (χ4v) is 5.91. The number of hydrogen-bond donors (Lipinski definition) is 4. The second-order valence-corrected chi connectivity index (χ2v) is 13.1. The third-order valence-corrected chi connectivity index (χ3v) is 8.82. The first-order valence-electron chi connectivity index (χ1n) is 16.7. The molecule has 4 N–H and O–H groups in total. The molecule has 12 nitrogen and oxygen atoms in total. The number of aliphatic hydroxyl groups excluding tert-OH is 1. The zero-order valence-electron chi connectivity index (χ0n) is 29.0. The Balaban J connectivity index is 1.89. The molecule has 0 saturated carbocycles. The Morgan fingerprint density at radius 3 is 2.47 bits per heavy atom. The van der Waals surface area contributed by atoms with E-state index in [0.29, 0.717) is 32.2 Å². The highest BCUT2D eigenvalue weighted by molar-refractivity contribution is 5.87. The quantitative estimate of drug-likeness (QED) is 0.0777. The summed E-state index contributed by atoms with van der Waals surface area (Å²) in [6.45, 7) is 11.3. The second-order valence-electron chi connectivity index (χ2n) is 13.1. The minimum absolute atomic E-state index is 0.0330. The molecule has 0 unspecified atom stereocenters. The molecular formula is C35H56N2O10. The van der Waals surface area contributed by atoms with Gasteiger partial charge in [-0.15, -0.1) is 0 Å². The summed E-state index contributed by atoms with van der Waals surface area (Å²) in [6.07, 6.45) is 9.97. The number of unbranched alkanes of at least 4 members (excludes halogenated alkanes) is 2. The predicted molar refractivity (Wildman–Crippen MR) is 176 cm³/mol. The summed E-state index contributed by atoms with van der Waals surface area (Å²) in [6, 6.07) is -0.147. The normalized spacial score (nSPS) is 30.6. The van der Waals surface area contributed by atoms with E-state index in [-0.39, 0.29) is 48.8 Å². The highest BCUT2D eigenvalue weighted by Crippen LogP contribution is 2.34. The molecule has 0 radical (unpaired) electrons. The average molecular weight is 665 g/mol. The summed E-state index contributed by atoms with van der Waals surface area (Å²) in [5, 5.41) is 25.7. The smallest absolute Gasteiger partial charge is 0.303 e. The van der Waals surface area contributed by atoms with E-state index in [1.54, 1.807) is 26.2 Å². The third kappa shape index (κ3) is 14.3. The van der Waals surface area contributed by atoms with E-state index < -0.39 is 42.0 Å². The Morgan fingerprint density at radius 1 is 1.09 bits per heavy atom. The number of aliphatic hydroxyl groups is 1. The molecule has 0 aromatic heterocycles. The van der Waals surface area contributed by atoms with E-state index in [1.807, 2.05) is 26.8 Å². The predicted octanol–water partition coefficient (Wildman–Crippen LogP) is 3.76. The number of carboxylic acids is 1. The van der Waals surface area contributed by atoms with Crippen molar-refractivity contribution < 1.29 is 48.3 Å². The first-order valence-corrected chi connectivity index (χ1v) is 16.7. The summed E-state index contributed by atoms with van der Waals surface area (Å²) in [7, 11) is 1.54. The van der Waals surface area contributed by atoms with Crippen LogP contribution in [0.15, 0.2) is 36.0 Å². The zero-order chi connectivity index (χ0) is 35.1. The summed E-state index contributed by atoms with van der Waals surface area (Å²) in [5.41, 5.74) is 0.0739. The maximum Gasteiger partial charge on any atom is 0.303 e. The first-order chi connectivity index (χ1) is 22.1. The number of carboxylic acid groups (broad SMARTS) is 1. The maximum absolute atomic E-state index is 12.6. The number of nitrogens with one attached hydrogen (secondary N) is 2. The number of aliphatic carboxylic acids is 1. The van der Waals surface area contributed by atoms with Crippen molar-refractivity contribution in [1.29, 1.82) is 0 Å². The van der Waals surface area contributed by atoms with Gasteiger partial charge in [0.05, 0.1) is 36.4 Å². The fourth-order valence-electron chi connectivity index (χ4n) is 5.91. The van der Waals surface area contributed by atoms with Gasteiger partial charge in [0.2, 0.25) is 11.8 Å². The van der Waals surface area contributed by atoms with E-state index in [0.717, 1.165) is 18.4 Å². The molecule has 2 aliphatic rings. The molecule has 2 aliphatic heterocycles. The lowest BCUT2D eigenvalue weighted by atomic mass is 9.84. The molecule has 2 rings (SSSR count). The lowest BCUT2D eigenvalue weighted by Gasteiger charge is -2.44. The van der Waals surface area contributed by atoms with E-state index >= 15 is 0 Å². The minimum Gasteiger partial charge on any atom is -0.481 e. The fraction of sp³-hybridized carbons (Fsp3) is 0.714. The highest BCUT2D eigenvalue weighted by Gasteiger charge is 2.46. The largest absolute Gasteiger partial charge is 0.481 e. The van der Waals surface area contributed by atoms with Crippen LogP contribution in [-0.4, -0.2) is 95.9 Å². The number of hydrogen-bond acceptors (Lipinski definition) is 9. The number of allylic oxidation sites excluding steroid dienone is 2. The topological polar surface area (TPSA) is 170 Å². The Bertz CT molecular complexity index is 1140. The van der Waals surface area contributed by atoms with Gasteiger partial charge in [-0.2, -0.15) is 0 Å². The van der Waals surface area contributed by atoms with Gasteiger partial charge in [0, 0.05) is 39.5 Å². The molecule has 0 spiro atoms. The lowest BCUT2D eigenvalue weighted by molar-refractivity contribution is -0.207. The van der Waals surface area contributed by atoms with Crippen LogP contribution < -0.4 is 10.6 Å². The summed E-state index contributed by atoms with van der Waals surface area (Å²) >= 11 is 0. The molecular weight excluding hydrogens is 608 g/mol. The van der Waals surface area contributed by atoms with Crippen LogP contribution in [0.5, 0.6) is 0 Å². The molecule has 0 aliphatic carbocycles. The number of esters is 1. The van der Waals surface area contributed by atoms with Gasteiger partial charge >= 0.3 is 11.9 Å². The number of carbonyl (C=O) groups excluding carboxylic acids is 3. The number of rotatable bonds is 17. The van der Waals surface area contributed by atoms with Gasteiger partial charge in [0.15, 0.2) is 0 Å². The van der Waals surface area contributed by atoms with Crippen LogP contribution >= 0.6 is 0 Å². The third-order valence-electron chi connectivity index (χ3n) is 8.82. The van der Waals surface area contributed by atoms with Crippen LogP contribution in [0, 0.1) is 5.92 Å². The van der Waals surface area contributed by atoms with Crippen molar-refractivity contribution in [3.05, 3.63) is 36.0 Å². The summed E-state index contributed by atoms with van der Waals surface area (Å²) in [5.74, 6) is -1.46. The van der Waals surface area contributed by atoms with Crippen molar-refractivity contribution in [1.82, 2.24) is 10.6 Å². The first kappa shape index (κ1) is 40.1. The number of carbonyl (C=O) groups is 4. The van der Waals surface area contributed by atoms with Gasteiger partial charge in [-0.05, 0) is 65.4 Å². The van der Waals surface area contributed by atoms with Crippen LogP contribution in [0.4, 0.5) is 0 Å². The number of methoxy groups -OCH3 is 1. The van der Waals surface area contributed by atoms with Gasteiger partial charge in [-0.3, -0.25) is 19.2 Å². The van der Waals surface area contributed by atoms with Crippen molar-refractivity contribution in [2.45, 2.75) is 141 Å². The molecule has 0 aromatic rings. The Hall–Kier alpha value is -3.06. The zero-order valence-corrected chi connectivity index (χ0v) is 29.0. The average Bonchev–Trinajstić information content (AvgIpc) is 2.99. The van der Waals surface area contributed by atoms with Crippen molar-refractivity contribution in [3.63, 3.8) is 0 Å². The molecule has 9 atom stereocenters. The monoisotopic (exact) mass is 664 g/mol. The van der Waals surface area contributed by atoms with Crippen LogP contribution in [0.2, 0.25) is 0 Å². The van der Waals surface area contributed by atoms with E-state index in [4.69, 9.17) is 24.1 Å². The highest BCUT2D eigenvalue weighted by atomic mass is 16.5. The van der Waals surface area contributed by atoms with Gasteiger partial charge < -0.3 is 39.8 Å². The number of ether oxygens (including phenoxy) is 4. The Morgan fingerprint density at radius 2 is 1.81 bits per heavy atom. The van der Waals surface area contributed by atoms with E-state index in [2.05, 4.69) is 23.6 Å². The molecule has 2 amide bonds. The van der Waals surface area contributed by atoms with Crippen molar-refractivity contribution in [3.8, 4) is 0 Å². The van der Waals surface area contributed by atoms with Crippen molar-refractivity contribution >= 4 is 23.8 Å². The number of amides is 2. The van der Waals surface area contributed by atoms with Gasteiger partial charge in [0.25, 0.3) is 0 Å². The van der Waals surface area contributed by atoms with Crippen LogP contribution in [-0.2, 0) is 38.1 Å². The van der Waals surface area contributed by atoms with E-state index in [1.165, 1.54) is 13.0 Å². The van der Waals surface area contributed by atoms with Crippen LogP contribution in [0.1, 0.15) is 92.9 Å². The SMILES string of the molecule is CO[C@@]1(C)C[C@@H](CC(=O)NCCCCCC(=O)O)O[C@H](/C=C/C(C)=C/C[C@@H]2O[C@H](C)[C@H](NC(=O)/C=C\[C@H](C)OC(C)=O)C[C@@H]2C)[C@H]1O. The van der Waals surface area contributed by atoms with Gasteiger partial charge in [0.1, 0.15) is 18.3 Å². The van der Waals surface area contributed by atoms with Crippen LogP contribution in [0.25, 0.3) is 0 Å².